The molecule has 1 N–H and O–H groups in total. The molecule has 1 fully saturated rings. The molecule has 0 aliphatic carbocycles. The topological polar surface area (TPSA) is 104 Å². The largest absolute Gasteiger partial charge is 0.325 e. The van der Waals surface area contributed by atoms with Crippen LogP contribution in [0.15, 0.2) is 82.6 Å². The first-order chi connectivity index (χ1) is 17.1. The predicted molar refractivity (Wildman–Crippen MR) is 141 cm³/mol. The van der Waals surface area contributed by atoms with Crippen molar-refractivity contribution in [2.75, 3.05) is 29.3 Å². The first-order valence-electron chi connectivity index (χ1n) is 11.0. The highest BCUT2D eigenvalue weighted by Gasteiger charge is 2.29. The third-order valence-electron chi connectivity index (χ3n) is 5.64. The lowest BCUT2D eigenvalue weighted by atomic mass is 10.3. The van der Waals surface area contributed by atoms with Crippen LogP contribution in [0.25, 0.3) is 0 Å². The van der Waals surface area contributed by atoms with Gasteiger partial charge in [-0.05, 0) is 67.4 Å². The summed E-state index contributed by atoms with van der Waals surface area (Å²) >= 11 is 12.3. The Morgan fingerprint density at radius 3 is 2.11 bits per heavy atom. The van der Waals surface area contributed by atoms with Crippen LogP contribution < -0.4 is 9.62 Å². The van der Waals surface area contributed by atoms with Crippen molar-refractivity contribution in [3.63, 3.8) is 0 Å². The van der Waals surface area contributed by atoms with Gasteiger partial charge < -0.3 is 5.32 Å². The van der Waals surface area contributed by atoms with E-state index in [-0.39, 0.29) is 20.5 Å². The minimum absolute atomic E-state index is 0.0136. The molecule has 0 radical (unpaired) electrons. The van der Waals surface area contributed by atoms with Crippen molar-refractivity contribution < 1.29 is 21.6 Å². The first-order valence-corrected chi connectivity index (χ1v) is 14.7. The molecule has 0 spiro atoms. The molecule has 3 aromatic carbocycles. The first kappa shape index (κ1) is 26.4. The van der Waals surface area contributed by atoms with E-state index in [2.05, 4.69) is 5.32 Å². The Hall–Kier alpha value is -2.63. The van der Waals surface area contributed by atoms with E-state index < -0.39 is 32.5 Å². The van der Waals surface area contributed by atoms with Gasteiger partial charge >= 0.3 is 0 Å². The molecule has 0 saturated carbocycles. The molecule has 1 aliphatic rings. The Morgan fingerprint density at radius 1 is 0.861 bits per heavy atom. The summed E-state index contributed by atoms with van der Waals surface area (Å²) in [6.45, 7) is 0.395. The number of sulfonamides is 2. The second-order valence-corrected chi connectivity index (χ2v) is 12.7. The van der Waals surface area contributed by atoms with E-state index in [1.807, 2.05) is 0 Å². The molecule has 190 valence electrons. The highest BCUT2D eigenvalue weighted by atomic mass is 35.5. The van der Waals surface area contributed by atoms with Crippen molar-refractivity contribution in [1.29, 1.82) is 0 Å². The quantitative estimate of drug-likeness (QED) is 0.428. The van der Waals surface area contributed by atoms with Gasteiger partial charge in [-0.15, -0.1) is 0 Å². The van der Waals surface area contributed by atoms with E-state index in [4.69, 9.17) is 23.2 Å². The average molecular weight is 569 g/mol. The third-order valence-corrected chi connectivity index (χ3v) is 9.86. The number of amides is 1. The summed E-state index contributed by atoms with van der Waals surface area (Å²) in [6, 6.07) is 17.7. The van der Waals surface area contributed by atoms with E-state index >= 15 is 0 Å². The van der Waals surface area contributed by atoms with Gasteiger partial charge in [-0.1, -0.05) is 41.4 Å². The fourth-order valence-electron chi connectivity index (χ4n) is 3.82. The fourth-order valence-corrected chi connectivity index (χ4v) is 7.36. The Morgan fingerprint density at radius 2 is 1.50 bits per heavy atom. The van der Waals surface area contributed by atoms with Crippen LogP contribution in [0.5, 0.6) is 0 Å². The van der Waals surface area contributed by atoms with Gasteiger partial charge in [-0.3, -0.25) is 9.10 Å². The number of halogens is 2. The normalized spacial score (nSPS) is 14.5. The molecule has 1 saturated heterocycles. The number of nitrogens with one attached hydrogen (secondary N) is 1. The van der Waals surface area contributed by atoms with Crippen LogP contribution in [0.2, 0.25) is 10.0 Å². The Balaban J connectivity index is 1.57. The van der Waals surface area contributed by atoms with Gasteiger partial charge in [0.25, 0.3) is 10.0 Å². The van der Waals surface area contributed by atoms with Gasteiger partial charge in [0.1, 0.15) is 6.54 Å². The van der Waals surface area contributed by atoms with Crippen LogP contribution in [-0.4, -0.2) is 46.7 Å². The van der Waals surface area contributed by atoms with Crippen molar-refractivity contribution >= 4 is 60.5 Å². The zero-order valence-corrected chi connectivity index (χ0v) is 22.1. The monoisotopic (exact) mass is 567 g/mol. The number of hydrogen-bond donors (Lipinski definition) is 1. The van der Waals surface area contributed by atoms with Crippen LogP contribution >= 0.6 is 23.2 Å². The molecule has 8 nitrogen and oxygen atoms in total. The van der Waals surface area contributed by atoms with Crippen molar-refractivity contribution in [1.82, 2.24) is 4.31 Å². The number of anilines is 2. The van der Waals surface area contributed by atoms with Crippen molar-refractivity contribution in [2.24, 2.45) is 0 Å². The summed E-state index contributed by atoms with van der Waals surface area (Å²) in [5.41, 5.74) is 0.409. The summed E-state index contributed by atoms with van der Waals surface area (Å²) in [5.74, 6) is -0.643. The lowest BCUT2D eigenvalue weighted by molar-refractivity contribution is -0.114. The SMILES string of the molecule is O=C(CN(c1ccc(Cl)cc1Cl)S(=O)(=O)c1ccccc1)Nc1ccc(S(=O)(=O)N2CCCC2)cc1. The number of hydrogen-bond acceptors (Lipinski definition) is 5. The van der Waals surface area contributed by atoms with E-state index in [1.165, 1.54) is 58.9 Å². The lowest BCUT2D eigenvalue weighted by Crippen LogP contribution is -2.38. The van der Waals surface area contributed by atoms with Crippen molar-refractivity contribution in [3.05, 3.63) is 82.8 Å². The fraction of sp³-hybridized carbons (Fsp3) is 0.208. The summed E-state index contributed by atoms with van der Waals surface area (Å²) in [6.07, 6.45) is 1.65. The summed E-state index contributed by atoms with van der Waals surface area (Å²) in [5, 5.41) is 3.00. The molecule has 0 unspecified atom stereocenters. The molecule has 0 bridgehead atoms. The molecule has 12 heteroatoms. The minimum Gasteiger partial charge on any atom is -0.325 e. The summed E-state index contributed by atoms with van der Waals surface area (Å²) in [4.78, 5) is 13.0. The van der Waals surface area contributed by atoms with Crippen LogP contribution in [0, 0.1) is 0 Å². The van der Waals surface area contributed by atoms with E-state index in [0.29, 0.717) is 23.8 Å². The molecule has 1 amide bonds. The number of carbonyl (C=O) groups excluding carboxylic acids is 1. The standard InChI is InChI=1S/C24H23Cl2N3O5S2/c25-18-8-13-23(22(26)16-18)29(36(33,34)20-6-2-1-3-7-20)17-24(30)27-19-9-11-21(12-10-19)35(31,32)28-14-4-5-15-28/h1-3,6-13,16H,4-5,14-15,17H2,(H,27,30). The number of benzene rings is 3. The summed E-state index contributed by atoms with van der Waals surface area (Å²) in [7, 11) is -7.74. The average Bonchev–Trinajstić information content (AvgIpc) is 3.40. The van der Waals surface area contributed by atoms with Crippen LogP contribution in [0.3, 0.4) is 0 Å². The maximum Gasteiger partial charge on any atom is 0.264 e. The minimum atomic E-state index is -4.15. The molecular weight excluding hydrogens is 545 g/mol. The van der Waals surface area contributed by atoms with E-state index in [9.17, 15) is 21.6 Å². The van der Waals surface area contributed by atoms with Gasteiger partial charge in [0.15, 0.2) is 0 Å². The van der Waals surface area contributed by atoms with Gasteiger partial charge in [0, 0.05) is 23.8 Å². The maximum absolute atomic E-state index is 13.4. The van der Waals surface area contributed by atoms with Gasteiger partial charge in [-0.2, -0.15) is 4.31 Å². The molecule has 3 aromatic rings. The maximum atomic E-state index is 13.4. The zero-order chi connectivity index (χ0) is 25.9. The smallest absolute Gasteiger partial charge is 0.264 e. The van der Waals surface area contributed by atoms with Gasteiger partial charge in [-0.25, -0.2) is 16.8 Å². The highest BCUT2D eigenvalue weighted by Crippen LogP contribution is 2.32. The second-order valence-electron chi connectivity index (χ2n) is 8.10. The Bertz CT molecular complexity index is 1460. The van der Waals surface area contributed by atoms with E-state index in [0.717, 1.165) is 17.1 Å². The van der Waals surface area contributed by atoms with Crippen molar-refractivity contribution in [3.8, 4) is 0 Å². The molecule has 0 aromatic heterocycles. The molecular formula is C24H23Cl2N3O5S2. The molecule has 1 aliphatic heterocycles. The highest BCUT2D eigenvalue weighted by molar-refractivity contribution is 7.93. The summed E-state index contributed by atoms with van der Waals surface area (Å²) < 4.78 is 54.6. The lowest BCUT2D eigenvalue weighted by Gasteiger charge is -2.25. The van der Waals surface area contributed by atoms with Gasteiger partial charge in [0.2, 0.25) is 15.9 Å². The Labute approximate surface area is 220 Å². The zero-order valence-electron chi connectivity index (χ0n) is 19.0. The van der Waals surface area contributed by atoms with Crippen molar-refractivity contribution in [2.45, 2.75) is 22.6 Å². The van der Waals surface area contributed by atoms with Gasteiger partial charge in [0.05, 0.1) is 20.5 Å². The number of nitrogens with zero attached hydrogens (tertiary/aromatic N) is 2. The van der Waals surface area contributed by atoms with Crippen LogP contribution in [-0.2, 0) is 24.8 Å². The molecule has 4 rings (SSSR count). The molecule has 36 heavy (non-hydrogen) atoms. The van der Waals surface area contributed by atoms with Crippen LogP contribution in [0.4, 0.5) is 11.4 Å². The molecule has 0 atom stereocenters. The van der Waals surface area contributed by atoms with Crippen LogP contribution in [0.1, 0.15) is 12.8 Å². The van der Waals surface area contributed by atoms with E-state index in [1.54, 1.807) is 18.2 Å². The predicted octanol–water partition coefficient (Wildman–Crippen LogP) is 4.61. The number of rotatable bonds is 8. The second kappa shape index (κ2) is 10.8. The Kier molecular flexibility index (Phi) is 7.91. The third kappa shape index (κ3) is 5.68. The number of carbonyl (C=O) groups is 1. The molecule has 1 heterocycles.